The van der Waals surface area contributed by atoms with Crippen molar-refractivity contribution in [1.29, 1.82) is 0 Å². The molecule has 1 aromatic carbocycles. The van der Waals surface area contributed by atoms with Gasteiger partial charge < -0.3 is 5.73 Å². The van der Waals surface area contributed by atoms with E-state index in [0.717, 1.165) is 10.6 Å². The minimum absolute atomic E-state index is 0. The van der Waals surface area contributed by atoms with E-state index in [9.17, 15) is 8.42 Å². The van der Waals surface area contributed by atoms with Crippen LogP contribution >= 0.6 is 23.7 Å². The van der Waals surface area contributed by atoms with E-state index >= 15 is 0 Å². The van der Waals surface area contributed by atoms with Crippen molar-refractivity contribution in [3.05, 3.63) is 46.6 Å². The van der Waals surface area contributed by atoms with Gasteiger partial charge in [0.25, 0.3) is 10.0 Å². The quantitative estimate of drug-likeness (QED) is 0.874. The van der Waals surface area contributed by atoms with E-state index in [0.29, 0.717) is 29.5 Å². The summed E-state index contributed by atoms with van der Waals surface area (Å²) in [6.45, 7) is 5.00. The number of hydrogen-bond donors (Lipinski definition) is 1. The van der Waals surface area contributed by atoms with Crippen molar-refractivity contribution >= 4 is 33.8 Å². The average Bonchev–Trinajstić information content (AvgIpc) is 3.12. The van der Waals surface area contributed by atoms with Gasteiger partial charge in [-0.05, 0) is 31.9 Å². The first-order valence-corrected chi connectivity index (χ1v) is 9.88. The van der Waals surface area contributed by atoms with E-state index in [2.05, 4.69) is 4.98 Å². The molecule has 5 nitrogen and oxygen atoms in total. The second kappa shape index (κ2) is 7.49. The normalized spacial score (nSPS) is 21.6. The maximum atomic E-state index is 13.0. The molecule has 2 atom stereocenters. The SMILES string of the molecule is Cc1nc(C)c(S(=O)(=O)N2C[C@@H](CN)[C@H](c3ccccc3)C2)s1.Cl. The van der Waals surface area contributed by atoms with E-state index in [1.807, 2.05) is 37.3 Å². The van der Waals surface area contributed by atoms with E-state index in [1.54, 1.807) is 11.2 Å². The Labute approximate surface area is 153 Å². The molecule has 0 saturated carbocycles. The topological polar surface area (TPSA) is 76.3 Å². The first-order chi connectivity index (χ1) is 10.9. The summed E-state index contributed by atoms with van der Waals surface area (Å²) in [6.07, 6.45) is 0. The Bertz CT molecular complexity index is 793. The second-order valence-corrected chi connectivity index (χ2v) is 9.28. The molecule has 0 amide bonds. The molecular formula is C16H22ClN3O2S2. The highest BCUT2D eigenvalue weighted by atomic mass is 35.5. The average molecular weight is 388 g/mol. The van der Waals surface area contributed by atoms with Crippen LogP contribution in [0.1, 0.15) is 22.2 Å². The van der Waals surface area contributed by atoms with E-state index in [4.69, 9.17) is 5.73 Å². The highest BCUT2D eigenvalue weighted by Crippen LogP contribution is 2.36. The molecule has 1 aliphatic rings. The number of nitrogens with zero attached hydrogens (tertiary/aromatic N) is 2. The number of nitrogens with two attached hydrogens (primary N) is 1. The molecule has 2 aromatic rings. The van der Waals surface area contributed by atoms with Gasteiger partial charge in [0.05, 0.1) is 10.7 Å². The number of hydrogen-bond acceptors (Lipinski definition) is 5. The molecule has 24 heavy (non-hydrogen) atoms. The molecule has 1 saturated heterocycles. The van der Waals surface area contributed by atoms with Gasteiger partial charge in [-0.15, -0.1) is 23.7 Å². The number of aromatic nitrogens is 1. The van der Waals surface area contributed by atoms with Crippen LogP contribution in [0.4, 0.5) is 0 Å². The highest BCUT2D eigenvalue weighted by molar-refractivity contribution is 7.91. The lowest BCUT2D eigenvalue weighted by molar-refractivity contribution is 0.460. The van der Waals surface area contributed by atoms with Gasteiger partial charge in [-0.3, -0.25) is 0 Å². The van der Waals surface area contributed by atoms with Gasteiger partial charge in [0.15, 0.2) is 4.21 Å². The van der Waals surface area contributed by atoms with Gasteiger partial charge in [0.1, 0.15) is 0 Å². The van der Waals surface area contributed by atoms with E-state index < -0.39 is 10.0 Å². The van der Waals surface area contributed by atoms with Crippen molar-refractivity contribution in [3.8, 4) is 0 Å². The van der Waals surface area contributed by atoms with Gasteiger partial charge in [-0.2, -0.15) is 4.31 Å². The molecule has 2 N–H and O–H groups in total. The maximum Gasteiger partial charge on any atom is 0.254 e. The lowest BCUT2D eigenvalue weighted by Gasteiger charge is -2.16. The molecule has 1 fully saturated rings. The van der Waals surface area contributed by atoms with Crippen LogP contribution < -0.4 is 5.73 Å². The third kappa shape index (κ3) is 3.50. The first kappa shape index (κ1) is 19.3. The zero-order valence-electron chi connectivity index (χ0n) is 13.7. The zero-order chi connectivity index (χ0) is 16.6. The van der Waals surface area contributed by atoms with Crippen LogP contribution in [0.3, 0.4) is 0 Å². The Kier molecular flexibility index (Phi) is 6.04. The summed E-state index contributed by atoms with van der Waals surface area (Å²) >= 11 is 1.24. The molecule has 0 radical (unpaired) electrons. The molecule has 1 aliphatic heterocycles. The van der Waals surface area contributed by atoms with Crippen LogP contribution in [0.2, 0.25) is 0 Å². The Hall–Kier alpha value is -0.990. The summed E-state index contributed by atoms with van der Waals surface area (Å²) in [5.74, 6) is 0.284. The third-order valence-corrected chi connectivity index (χ3v) is 7.86. The fraction of sp³-hybridized carbons (Fsp3) is 0.438. The number of rotatable bonds is 4. The Morgan fingerprint density at radius 3 is 2.46 bits per heavy atom. The van der Waals surface area contributed by atoms with Crippen LogP contribution in [0, 0.1) is 19.8 Å². The largest absolute Gasteiger partial charge is 0.330 e. The predicted molar refractivity (Wildman–Crippen MR) is 99.3 cm³/mol. The smallest absolute Gasteiger partial charge is 0.254 e. The van der Waals surface area contributed by atoms with Gasteiger partial charge in [0, 0.05) is 19.0 Å². The van der Waals surface area contributed by atoms with E-state index in [-0.39, 0.29) is 24.2 Å². The molecule has 1 aromatic heterocycles. The summed E-state index contributed by atoms with van der Waals surface area (Å²) in [4.78, 5) is 4.25. The molecule has 0 bridgehead atoms. The zero-order valence-corrected chi connectivity index (χ0v) is 16.1. The first-order valence-electron chi connectivity index (χ1n) is 7.62. The molecule has 132 valence electrons. The fourth-order valence-electron chi connectivity index (χ4n) is 3.21. The summed E-state index contributed by atoms with van der Waals surface area (Å²) in [7, 11) is -3.50. The van der Waals surface area contributed by atoms with Crippen molar-refractivity contribution in [1.82, 2.24) is 9.29 Å². The lowest BCUT2D eigenvalue weighted by atomic mass is 9.89. The highest BCUT2D eigenvalue weighted by Gasteiger charge is 2.40. The third-order valence-electron chi connectivity index (χ3n) is 4.37. The van der Waals surface area contributed by atoms with Crippen molar-refractivity contribution < 1.29 is 8.42 Å². The minimum atomic E-state index is -3.50. The van der Waals surface area contributed by atoms with Crippen molar-refractivity contribution in [2.24, 2.45) is 11.7 Å². The molecular weight excluding hydrogens is 366 g/mol. The standard InChI is InChI=1S/C16H21N3O2S2.ClH/c1-11-16(22-12(2)18-11)23(20,21)19-9-14(8-17)15(10-19)13-6-4-3-5-7-13;/h3-7,14-15H,8-10,17H2,1-2H3;1H/t14-,15+;/m1./s1. The summed E-state index contributed by atoms with van der Waals surface area (Å²) in [6, 6.07) is 10.0. The van der Waals surface area contributed by atoms with Crippen LogP contribution in [-0.4, -0.2) is 37.3 Å². The lowest BCUT2D eigenvalue weighted by Crippen LogP contribution is -2.29. The Morgan fingerprint density at radius 1 is 1.25 bits per heavy atom. The molecule has 0 aliphatic carbocycles. The number of benzene rings is 1. The minimum Gasteiger partial charge on any atom is -0.330 e. The second-order valence-electron chi connectivity index (χ2n) is 5.94. The molecule has 3 rings (SSSR count). The van der Waals surface area contributed by atoms with Crippen LogP contribution in [0.25, 0.3) is 0 Å². The maximum absolute atomic E-state index is 13.0. The van der Waals surface area contributed by atoms with E-state index in [1.165, 1.54) is 11.3 Å². The number of halogens is 1. The van der Waals surface area contributed by atoms with Gasteiger partial charge in [-0.1, -0.05) is 30.3 Å². The number of aryl methyl sites for hydroxylation is 2. The number of sulfonamides is 1. The molecule has 0 spiro atoms. The summed E-state index contributed by atoms with van der Waals surface area (Å²) in [5.41, 5.74) is 7.64. The predicted octanol–water partition coefficient (Wildman–Crippen LogP) is 2.54. The summed E-state index contributed by atoms with van der Waals surface area (Å²) < 4.78 is 27.9. The molecule has 0 unspecified atom stereocenters. The fourth-order valence-corrected chi connectivity index (χ4v) is 6.36. The monoisotopic (exact) mass is 387 g/mol. The summed E-state index contributed by atoms with van der Waals surface area (Å²) in [5, 5.41) is 0.773. The van der Waals surface area contributed by atoms with Gasteiger partial charge in [0.2, 0.25) is 0 Å². The van der Waals surface area contributed by atoms with Gasteiger partial charge >= 0.3 is 0 Å². The van der Waals surface area contributed by atoms with Crippen LogP contribution in [0.5, 0.6) is 0 Å². The molecule has 8 heteroatoms. The Balaban J connectivity index is 0.00000208. The van der Waals surface area contributed by atoms with Crippen molar-refractivity contribution in [2.75, 3.05) is 19.6 Å². The van der Waals surface area contributed by atoms with Crippen molar-refractivity contribution in [3.63, 3.8) is 0 Å². The van der Waals surface area contributed by atoms with Crippen molar-refractivity contribution in [2.45, 2.75) is 24.0 Å². The number of thiazole rings is 1. The van der Waals surface area contributed by atoms with Crippen LogP contribution in [0.15, 0.2) is 34.5 Å². The van der Waals surface area contributed by atoms with Crippen LogP contribution in [-0.2, 0) is 10.0 Å². The Morgan fingerprint density at radius 2 is 1.92 bits per heavy atom. The van der Waals surface area contributed by atoms with Gasteiger partial charge in [-0.25, -0.2) is 13.4 Å². The molecule has 2 heterocycles.